The van der Waals surface area contributed by atoms with Crippen LogP contribution in [0.15, 0.2) is 48.5 Å². The van der Waals surface area contributed by atoms with Crippen LogP contribution in [-0.4, -0.2) is 28.0 Å². The summed E-state index contributed by atoms with van der Waals surface area (Å²) in [6.07, 6.45) is 1.13. The highest BCUT2D eigenvalue weighted by Gasteiger charge is 2.70. The molecule has 1 spiro atoms. The molecule has 3 aliphatic rings. The molecule has 2 aromatic rings. The molecule has 5 rings (SSSR count). The zero-order chi connectivity index (χ0) is 16.7. The molecular weight excluding hydrogens is 314 g/mol. The van der Waals surface area contributed by atoms with Gasteiger partial charge < -0.3 is 4.90 Å². The van der Waals surface area contributed by atoms with E-state index in [1.807, 2.05) is 35.8 Å². The summed E-state index contributed by atoms with van der Waals surface area (Å²) in [6.45, 7) is 4.64. The number of hydrogen-bond donors (Lipinski definition) is 0. The third-order valence-corrected chi connectivity index (χ3v) is 8.60. The number of carbonyl (C=O) groups is 1. The molecular formula is C21H21NOS. The van der Waals surface area contributed by atoms with E-state index in [1.165, 1.54) is 16.7 Å². The summed E-state index contributed by atoms with van der Waals surface area (Å²) in [5.41, 5.74) is 4.89. The molecule has 1 fully saturated rings. The van der Waals surface area contributed by atoms with Crippen LogP contribution < -0.4 is 0 Å². The van der Waals surface area contributed by atoms with Crippen LogP contribution in [0, 0.1) is 0 Å². The molecule has 1 saturated heterocycles. The van der Waals surface area contributed by atoms with Gasteiger partial charge in [-0.2, -0.15) is 0 Å². The van der Waals surface area contributed by atoms with Gasteiger partial charge in [0.15, 0.2) is 0 Å². The molecule has 0 N–H and O–H groups in total. The molecule has 2 aromatic carbocycles. The largest absolute Gasteiger partial charge is 0.325 e. The monoisotopic (exact) mass is 335 g/mol. The summed E-state index contributed by atoms with van der Waals surface area (Å²) < 4.78 is 0. The van der Waals surface area contributed by atoms with Crippen molar-refractivity contribution in [1.29, 1.82) is 0 Å². The van der Waals surface area contributed by atoms with Gasteiger partial charge in [-0.25, -0.2) is 0 Å². The molecule has 2 nitrogen and oxygen atoms in total. The molecule has 24 heavy (non-hydrogen) atoms. The maximum absolute atomic E-state index is 13.1. The molecule has 0 radical (unpaired) electrons. The fraction of sp³-hybridized carbons (Fsp3) is 0.381. The Morgan fingerprint density at radius 2 is 1.79 bits per heavy atom. The van der Waals surface area contributed by atoms with Crippen LogP contribution in [0.4, 0.5) is 0 Å². The third-order valence-electron chi connectivity index (χ3n) is 6.46. The first-order valence-corrected chi connectivity index (χ1v) is 9.50. The van der Waals surface area contributed by atoms with Crippen molar-refractivity contribution >= 4 is 17.7 Å². The lowest BCUT2D eigenvalue weighted by atomic mass is 9.65. The average Bonchev–Trinajstić information content (AvgIpc) is 2.86. The molecule has 3 atom stereocenters. The number of nitrogens with zero attached hydrogens (tertiary/aromatic N) is 1. The number of hydrogen-bond acceptors (Lipinski definition) is 2. The van der Waals surface area contributed by atoms with Crippen LogP contribution in [0.5, 0.6) is 0 Å². The quantitative estimate of drug-likeness (QED) is 0.719. The van der Waals surface area contributed by atoms with Crippen molar-refractivity contribution in [1.82, 2.24) is 4.90 Å². The number of thioether (sulfide) groups is 1. The first kappa shape index (κ1) is 14.6. The molecule has 2 heterocycles. The Morgan fingerprint density at radius 1 is 1.08 bits per heavy atom. The Balaban J connectivity index is 1.74. The Labute approximate surface area is 147 Å². The highest BCUT2D eigenvalue weighted by Crippen LogP contribution is 2.71. The van der Waals surface area contributed by atoms with Gasteiger partial charge in [0.1, 0.15) is 4.87 Å². The molecule has 0 aromatic heterocycles. The Bertz CT molecular complexity index is 874. The van der Waals surface area contributed by atoms with Crippen molar-refractivity contribution in [3.8, 4) is 0 Å². The van der Waals surface area contributed by atoms with E-state index in [4.69, 9.17) is 0 Å². The second-order valence-electron chi connectivity index (χ2n) is 7.77. The predicted octanol–water partition coefficient (Wildman–Crippen LogP) is 4.20. The molecule has 122 valence electrons. The topological polar surface area (TPSA) is 20.3 Å². The first-order valence-electron chi connectivity index (χ1n) is 8.62. The summed E-state index contributed by atoms with van der Waals surface area (Å²) in [6, 6.07) is 17.0. The van der Waals surface area contributed by atoms with Crippen molar-refractivity contribution in [2.45, 2.75) is 41.7 Å². The van der Waals surface area contributed by atoms with E-state index in [2.05, 4.69) is 50.2 Å². The molecule has 3 heteroatoms. The highest BCUT2D eigenvalue weighted by atomic mass is 32.2. The SMILES string of the molecule is CN1C(=O)c2ccccc2C(C)(C)[C@]12SC1Cc3ccccc3C12. The minimum atomic E-state index is -0.185. The number of amides is 1. The molecule has 0 bridgehead atoms. The maximum atomic E-state index is 13.1. The zero-order valence-corrected chi connectivity index (χ0v) is 15.1. The van der Waals surface area contributed by atoms with Crippen molar-refractivity contribution < 1.29 is 4.79 Å². The second-order valence-corrected chi connectivity index (χ2v) is 9.23. The van der Waals surface area contributed by atoms with E-state index in [9.17, 15) is 4.79 Å². The summed E-state index contributed by atoms with van der Waals surface area (Å²) in [7, 11) is 2.00. The van der Waals surface area contributed by atoms with E-state index >= 15 is 0 Å². The third kappa shape index (κ3) is 1.44. The van der Waals surface area contributed by atoms with Gasteiger partial charge in [-0.1, -0.05) is 56.3 Å². The van der Waals surface area contributed by atoms with Crippen LogP contribution in [0.2, 0.25) is 0 Å². The molecule has 2 aliphatic heterocycles. The molecule has 0 saturated carbocycles. The average molecular weight is 335 g/mol. The lowest BCUT2D eigenvalue weighted by molar-refractivity contribution is 0.0417. The van der Waals surface area contributed by atoms with Crippen molar-refractivity contribution in [3.63, 3.8) is 0 Å². The number of carbonyl (C=O) groups excluding carboxylic acids is 1. The Kier molecular flexibility index (Phi) is 2.71. The Hall–Kier alpha value is -1.74. The number of rotatable bonds is 0. The normalized spacial score (nSPS) is 32.1. The van der Waals surface area contributed by atoms with Crippen molar-refractivity contribution in [2.75, 3.05) is 7.05 Å². The fourth-order valence-corrected chi connectivity index (χ4v) is 7.41. The van der Waals surface area contributed by atoms with Gasteiger partial charge in [0.25, 0.3) is 5.91 Å². The van der Waals surface area contributed by atoms with Gasteiger partial charge in [0.05, 0.1) is 0 Å². The highest BCUT2D eigenvalue weighted by molar-refractivity contribution is 8.03. The van der Waals surface area contributed by atoms with Crippen LogP contribution in [0.25, 0.3) is 0 Å². The maximum Gasteiger partial charge on any atom is 0.255 e. The fourth-order valence-electron chi connectivity index (χ4n) is 5.34. The summed E-state index contributed by atoms with van der Waals surface area (Å²) in [5.74, 6) is 0.594. The van der Waals surface area contributed by atoms with E-state index in [1.54, 1.807) is 0 Å². The Morgan fingerprint density at radius 3 is 2.62 bits per heavy atom. The van der Waals surface area contributed by atoms with Gasteiger partial charge in [0.2, 0.25) is 0 Å². The summed E-state index contributed by atoms with van der Waals surface area (Å²) in [5, 5.41) is 0.599. The smallest absolute Gasteiger partial charge is 0.255 e. The molecule has 1 aliphatic carbocycles. The van der Waals surface area contributed by atoms with Gasteiger partial charge in [0, 0.05) is 29.2 Å². The number of likely N-dealkylation sites (N-methyl/N-ethyl adjacent to an activating group) is 1. The van der Waals surface area contributed by atoms with Crippen LogP contribution in [0.3, 0.4) is 0 Å². The zero-order valence-electron chi connectivity index (χ0n) is 14.2. The molecule has 1 amide bonds. The summed E-state index contributed by atoms with van der Waals surface area (Å²) in [4.78, 5) is 15.0. The van der Waals surface area contributed by atoms with Crippen LogP contribution in [0.1, 0.15) is 46.8 Å². The van der Waals surface area contributed by atoms with Gasteiger partial charge in [-0.15, -0.1) is 11.8 Å². The van der Waals surface area contributed by atoms with E-state index in [0.29, 0.717) is 11.2 Å². The van der Waals surface area contributed by atoms with Gasteiger partial charge in [-0.05, 0) is 29.2 Å². The standard InChI is InChI=1S/C21H21NOS/c1-20(2)16-11-7-6-10-15(16)19(23)22(3)21(20)18-14-9-5-4-8-13(14)12-17(18)24-21/h4-11,17-18H,12H2,1-3H3/t17?,18?,21-/m0/s1. The predicted molar refractivity (Wildman–Crippen MR) is 98.6 cm³/mol. The van der Waals surface area contributed by atoms with Gasteiger partial charge in [-0.3, -0.25) is 4.79 Å². The second kappa shape index (κ2) is 4.45. The first-order chi connectivity index (χ1) is 11.5. The van der Waals surface area contributed by atoms with Gasteiger partial charge >= 0.3 is 0 Å². The lowest BCUT2D eigenvalue weighted by Crippen LogP contribution is -2.71. The number of benzene rings is 2. The van der Waals surface area contributed by atoms with Crippen molar-refractivity contribution in [2.24, 2.45) is 0 Å². The van der Waals surface area contributed by atoms with Crippen molar-refractivity contribution in [3.05, 3.63) is 70.8 Å². The van der Waals surface area contributed by atoms with Crippen LogP contribution >= 0.6 is 11.8 Å². The van der Waals surface area contributed by atoms with E-state index in [0.717, 1.165) is 12.0 Å². The van der Waals surface area contributed by atoms with E-state index in [-0.39, 0.29) is 16.2 Å². The minimum Gasteiger partial charge on any atom is -0.325 e. The van der Waals surface area contributed by atoms with Crippen LogP contribution in [-0.2, 0) is 11.8 Å². The molecule has 2 unspecified atom stereocenters. The minimum absolute atomic E-state index is 0.0878. The lowest BCUT2D eigenvalue weighted by Gasteiger charge is -2.66. The number of fused-ring (bicyclic) bond motifs is 5. The van der Waals surface area contributed by atoms with E-state index < -0.39 is 0 Å². The summed E-state index contributed by atoms with van der Waals surface area (Å²) >= 11 is 2.01.